The summed E-state index contributed by atoms with van der Waals surface area (Å²) in [5.74, 6) is -3.39. The van der Waals surface area contributed by atoms with Gasteiger partial charge in [0.2, 0.25) is 0 Å². The first kappa shape index (κ1) is 27.8. The molecule has 2 heterocycles. The van der Waals surface area contributed by atoms with Gasteiger partial charge in [-0.25, -0.2) is 9.18 Å². The molecule has 2 aromatic carbocycles. The summed E-state index contributed by atoms with van der Waals surface area (Å²) >= 11 is 1.41. The first-order chi connectivity index (χ1) is 17.5. The van der Waals surface area contributed by atoms with E-state index in [2.05, 4.69) is 10.2 Å². The van der Waals surface area contributed by atoms with Crippen LogP contribution in [0, 0.1) is 5.82 Å². The van der Waals surface area contributed by atoms with Crippen LogP contribution in [0.5, 0.6) is 0 Å². The predicted octanol–water partition coefficient (Wildman–Crippen LogP) is 4.73. The molecule has 2 amide bonds. The molecule has 0 saturated carbocycles. The number of anilines is 1. The van der Waals surface area contributed by atoms with Crippen LogP contribution in [0.15, 0.2) is 66.0 Å². The van der Waals surface area contributed by atoms with Crippen molar-refractivity contribution in [3.05, 3.63) is 87.9 Å². The Kier molecular flexibility index (Phi) is 9.36. The maximum Gasteiger partial charge on any atom is 0.490 e. The number of aliphatic carboxylic acids is 1. The monoisotopic (exact) mass is 537 g/mol. The number of nitrogens with one attached hydrogen (secondary N) is 1. The first-order valence-electron chi connectivity index (χ1n) is 11.0. The molecule has 1 aliphatic heterocycles. The molecule has 2 N–H and O–H groups in total. The number of thiophene rings is 1. The molecule has 0 spiro atoms. The Hall–Kier alpha value is -3.77. The third kappa shape index (κ3) is 8.40. The average Bonchev–Trinajstić information content (AvgIpc) is 3.40. The Morgan fingerprint density at radius 3 is 2.22 bits per heavy atom. The van der Waals surface area contributed by atoms with E-state index in [4.69, 9.17) is 9.90 Å². The van der Waals surface area contributed by atoms with Crippen molar-refractivity contribution < 1.29 is 37.1 Å². The molecule has 4 rings (SSSR count). The number of halogens is 4. The first-order valence-corrected chi connectivity index (χ1v) is 11.9. The zero-order valence-corrected chi connectivity index (χ0v) is 20.2. The largest absolute Gasteiger partial charge is 0.490 e. The van der Waals surface area contributed by atoms with Crippen LogP contribution in [-0.2, 0) is 11.3 Å². The molecule has 3 aromatic rings. The quantitative estimate of drug-likeness (QED) is 0.460. The molecule has 37 heavy (non-hydrogen) atoms. The lowest BCUT2D eigenvalue weighted by Crippen LogP contribution is -2.48. The molecule has 1 aromatic heterocycles. The second kappa shape index (κ2) is 12.5. The fourth-order valence-corrected chi connectivity index (χ4v) is 4.14. The SMILES string of the molecule is O=C(Nc1cccc(CN2CCN(C(=O)c3cccc(F)c3)CC2)c1)c1cccs1.O=C(O)C(F)(F)F. The van der Waals surface area contributed by atoms with E-state index in [0.717, 1.165) is 30.9 Å². The van der Waals surface area contributed by atoms with Gasteiger partial charge in [0.05, 0.1) is 4.88 Å². The summed E-state index contributed by atoms with van der Waals surface area (Å²) < 4.78 is 45.1. The Balaban J connectivity index is 0.000000479. The highest BCUT2D eigenvalue weighted by Gasteiger charge is 2.38. The Bertz CT molecular complexity index is 1230. The number of carbonyl (C=O) groups excluding carboxylic acids is 2. The van der Waals surface area contributed by atoms with Crippen LogP contribution in [0.4, 0.5) is 23.2 Å². The molecule has 12 heteroatoms. The fourth-order valence-electron chi connectivity index (χ4n) is 3.52. The zero-order valence-electron chi connectivity index (χ0n) is 19.4. The number of carbonyl (C=O) groups is 3. The molecule has 0 unspecified atom stereocenters. The smallest absolute Gasteiger partial charge is 0.475 e. The van der Waals surface area contributed by atoms with Gasteiger partial charge in [-0.1, -0.05) is 24.3 Å². The zero-order chi connectivity index (χ0) is 27.0. The molecular weight excluding hydrogens is 514 g/mol. The highest BCUT2D eigenvalue weighted by atomic mass is 32.1. The van der Waals surface area contributed by atoms with Crippen LogP contribution in [0.1, 0.15) is 25.6 Å². The summed E-state index contributed by atoms with van der Waals surface area (Å²) in [6, 6.07) is 17.3. The number of carboxylic acids is 1. The average molecular weight is 538 g/mol. The van der Waals surface area contributed by atoms with Crippen molar-refractivity contribution in [3.8, 4) is 0 Å². The number of rotatable bonds is 5. The van der Waals surface area contributed by atoms with Gasteiger partial charge >= 0.3 is 12.1 Å². The van der Waals surface area contributed by atoms with Crippen molar-refractivity contribution in [2.45, 2.75) is 12.7 Å². The maximum absolute atomic E-state index is 13.4. The molecule has 0 atom stereocenters. The molecule has 0 aliphatic carbocycles. The van der Waals surface area contributed by atoms with E-state index in [-0.39, 0.29) is 11.8 Å². The van der Waals surface area contributed by atoms with Crippen LogP contribution >= 0.6 is 11.3 Å². The van der Waals surface area contributed by atoms with Crippen molar-refractivity contribution >= 4 is 34.8 Å². The van der Waals surface area contributed by atoms with Crippen LogP contribution in [0.3, 0.4) is 0 Å². The van der Waals surface area contributed by atoms with Gasteiger partial charge in [-0.2, -0.15) is 13.2 Å². The van der Waals surface area contributed by atoms with Gasteiger partial charge in [0, 0.05) is 44.0 Å². The Labute approximate surface area is 213 Å². The van der Waals surface area contributed by atoms with E-state index < -0.39 is 18.0 Å². The van der Waals surface area contributed by atoms with Crippen LogP contribution in [0.25, 0.3) is 0 Å². The third-order valence-corrected chi connectivity index (χ3v) is 6.18. The predicted molar refractivity (Wildman–Crippen MR) is 130 cm³/mol. The number of hydrogen-bond donors (Lipinski definition) is 2. The van der Waals surface area contributed by atoms with E-state index in [9.17, 15) is 27.2 Å². The van der Waals surface area contributed by atoms with E-state index in [1.54, 1.807) is 23.1 Å². The second-order valence-electron chi connectivity index (χ2n) is 8.01. The number of hydrogen-bond acceptors (Lipinski definition) is 5. The lowest BCUT2D eigenvalue weighted by atomic mass is 10.1. The summed E-state index contributed by atoms with van der Waals surface area (Å²) in [5.41, 5.74) is 2.26. The summed E-state index contributed by atoms with van der Waals surface area (Å²) in [7, 11) is 0. The van der Waals surface area contributed by atoms with Crippen LogP contribution < -0.4 is 5.32 Å². The third-order valence-electron chi connectivity index (χ3n) is 5.31. The van der Waals surface area contributed by atoms with E-state index >= 15 is 0 Å². The number of nitrogens with zero attached hydrogens (tertiary/aromatic N) is 2. The molecule has 1 aliphatic rings. The number of piperazine rings is 1. The molecule has 0 bridgehead atoms. The van der Waals surface area contributed by atoms with Crippen molar-refractivity contribution in [3.63, 3.8) is 0 Å². The number of benzene rings is 2. The minimum absolute atomic E-state index is 0.105. The summed E-state index contributed by atoms with van der Waals surface area (Å²) in [6.07, 6.45) is -5.08. The molecule has 196 valence electrons. The molecule has 7 nitrogen and oxygen atoms in total. The molecule has 1 fully saturated rings. The van der Waals surface area contributed by atoms with Gasteiger partial charge in [-0.15, -0.1) is 11.3 Å². The Morgan fingerprint density at radius 1 is 0.946 bits per heavy atom. The molecule has 0 radical (unpaired) electrons. The molecule has 1 saturated heterocycles. The van der Waals surface area contributed by atoms with Crippen molar-refractivity contribution in [1.29, 1.82) is 0 Å². The second-order valence-corrected chi connectivity index (χ2v) is 8.96. The minimum atomic E-state index is -5.08. The van der Waals surface area contributed by atoms with E-state index in [1.165, 1.54) is 23.5 Å². The lowest BCUT2D eigenvalue weighted by Gasteiger charge is -2.34. The van der Waals surface area contributed by atoms with Crippen molar-refractivity contribution in [2.75, 3.05) is 31.5 Å². The van der Waals surface area contributed by atoms with Gasteiger partial charge in [0.25, 0.3) is 11.8 Å². The minimum Gasteiger partial charge on any atom is -0.475 e. The van der Waals surface area contributed by atoms with Gasteiger partial charge in [-0.05, 0) is 47.3 Å². The van der Waals surface area contributed by atoms with E-state index in [0.29, 0.717) is 23.5 Å². The maximum atomic E-state index is 13.4. The van der Waals surface area contributed by atoms with E-state index in [1.807, 2.05) is 35.7 Å². The van der Waals surface area contributed by atoms with Crippen molar-refractivity contribution in [1.82, 2.24) is 9.80 Å². The molecular formula is C25H23F4N3O4S. The Morgan fingerprint density at radius 2 is 1.62 bits per heavy atom. The number of carboxylic acid groups (broad SMARTS) is 1. The van der Waals surface area contributed by atoms with Gasteiger partial charge < -0.3 is 15.3 Å². The van der Waals surface area contributed by atoms with Crippen molar-refractivity contribution in [2.24, 2.45) is 0 Å². The topological polar surface area (TPSA) is 90.0 Å². The summed E-state index contributed by atoms with van der Waals surface area (Å²) in [4.78, 5) is 38.4. The highest BCUT2D eigenvalue weighted by molar-refractivity contribution is 7.12. The van der Waals surface area contributed by atoms with Gasteiger partial charge in [0.1, 0.15) is 5.82 Å². The normalized spacial score (nSPS) is 13.9. The van der Waals surface area contributed by atoms with Crippen LogP contribution in [-0.4, -0.2) is 65.0 Å². The summed E-state index contributed by atoms with van der Waals surface area (Å²) in [6.45, 7) is 3.43. The fraction of sp³-hybridized carbons (Fsp3) is 0.240. The standard InChI is InChI=1S/C23H22FN3O2S.C2HF3O2/c24-19-6-2-5-18(15-19)23(29)27-11-9-26(10-12-27)16-17-4-1-7-20(14-17)25-22(28)21-8-3-13-30-21;3-2(4,5)1(6)7/h1-8,13-15H,9-12,16H2,(H,25,28);(H,6,7). The van der Waals surface area contributed by atoms with Crippen LogP contribution in [0.2, 0.25) is 0 Å². The number of amides is 2. The van der Waals surface area contributed by atoms with Gasteiger partial charge in [0.15, 0.2) is 0 Å². The number of alkyl halides is 3. The summed E-state index contributed by atoms with van der Waals surface area (Å²) in [5, 5.41) is 11.9. The lowest BCUT2D eigenvalue weighted by molar-refractivity contribution is -0.192. The highest BCUT2D eigenvalue weighted by Crippen LogP contribution is 2.18. The van der Waals surface area contributed by atoms with Gasteiger partial charge in [-0.3, -0.25) is 14.5 Å².